The third kappa shape index (κ3) is 2.35. The summed E-state index contributed by atoms with van der Waals surface area (Å²) in [7, 11) is 0. The van der Waals surface area contributed by atoms with E-state index in [0.29, 0.717) is 5.92 Å². The smallest absolute Gasteiger partial charge is 0.410 e. The van der Waals surface area contributed by atoms with Gasteiger partial charge in [-0.3, -0.25) is 0 Å². The number of carbonyl (C=O) groups excluding carboxylic acids is 1. The number of likely N-dealkylation sites (tertiary alicyclic amines) is 1. The molecule has 1 aromatic rings. The zero-order valence-electron chi connectivity index (χ0n) is 12.3. The van der Waals surface area contributed by atoms with Gasteiger partial charge in [0.2, 0.25) is 0 Å². The maximum atomic E-state index is 12.4. The van der Waals surface area contributed by atoms with Gasteiger partial charge in [0.25, 0.3) is 0 Å². The van der Waals surface area contributed by atoms with E-state index in [1.54, 1.807) is 0 Å². The highest BCUT2D eigenvalue weighted by Crippen LogP contribution is 2.43. The highest BCUT2D eigenvalue weighted by molar-refractivity contribution is 5.71. The SMILES string of the molecule is CC(C)(C)OC(=O)N1CCC2CNc3ccccc3C21. The zero-order chi connectivity index (χ0) is 14.3. The first kappa shape index (κ1) is 13.3. The van der Waals surface area contributed by atoms with Gasteiger partial charge in [-0.05, 0) is 38.8 Å². The van der Waals surface area contributed by atoms with Gasteiger partial charge in [0.1, 0.15) is 5.60 Å². The molecule has 0 aliphatic carbocycles. The van der Waals surface area contributed by atoms with E-state index < -0.39 is 5.60 Å². The lowest BCUT2D eigenvalue weighted by Gasteiger charge is -2.35. The number of para-hydroxylation sites is 1. The fourth-order valence-electron chi connectivity index (χ4n) is 3.17. The number of nitrogens with zero attached hydrogens (tertiary/aromatic N) is 1. The maximum Gasteiger partial charge on any atom is 0.410 e. The molecule has 20 heavy (non-hydrogen) atoms. The minimum Gasteiger partial charge on any atom is -0.444 e. The summed E-state index contributed by atoms with van der Waals surface area (Å²) in [6.45, 7) is 7.44. The molecule has 2 aliphatic heterocycles. The molecule has 1 saturated heterocycles. The van der Waals surface area contributed by atoms with Crippen LogP contribution < -0.4 is 5.32 Å². The fraction of sp³-hybridized carbons (Fsp3) is 0.562. The Kier molecular flexibility index (Phi) is 3.11. The molecular formula is C16H22N2O2. The molecule has 0 saturated carbocycles. The van der Waals surface area contributed by atoms with Crippen LogP contribution >= 0.6 is 0 Å². The minimum absolute atomic E-state index is 0.155. The maximum absolute atomic E-state index is 12.4. The topological polar surface area (TPSA) is 41.6 Å². The summed E-state index contributed by atoms with van der Waals surface area (Å²) >= 11 is 0. The van der Waals surface area contributed by atoms with E-state index >= 15 is 0 Å². The molecule has 108 valence electrons. The molecular weight excluding hydrogens is 252 g/mol. The first-order chi connectivity index (χ1) is 9.46. The third-order valence-electron chi connectivity index (χ3n) is 3.99. The highest BCUT2D eigenvalue weighted by Gasteiger charge is 2.42. The zero-order valence-corrected chi connectivity index (χ0v) is 12.3. The van der Waals surface area contributed by atoms with Crippen LogP contribution in [-0.2, 0) is 4.74 Å². The van der Waals surface area contributed by atoms with Gasteiger partial charge < -0.3 is 15.0 Å². The summed E-state index contributed by atoms with van der Waals surface area (Å²) < 4.78 is 5.55. The Morgan fingerprint density at radius 3 is 2.85 bits per heavy atom. The number of nitrogens with one attached hydrogen (secondary N) is 1. The van der Waals surface area contributed by atoms with Crippen LogP contribution in [0.4, 0.5) is 10.5 Å². The number of fused-ring (bicyclic) bond motifs is 3. The van der Waals surface area contributed by atoms with E-state index in [1.807, 2.05) is 37.8 Å². The van der Waals surface area contributed by atoms with Crippen LogP contribution in [0.2, 0.25) is 0 Å². The van der Waals surface area contributed by atoms with Crippen LogP contribution in [0.3, 0.4) is 0 Å². The molecule has 1 N–H and O–H groups in total. The largest absolute Gasteiger partial charge is 0.444 e. The molecule has 1 amide bonds. The molecule has 0 bridgehead atoms. The van der Waals surface area contributed by atoms with Crippen LogP contribution in [0, 0.1) is 5.92 Å². The quantitative estimate of drug-likeness (QED) is 0.788. The lowest BCUT2D eigenvalue weighted by molar-refractivity contribution is 0.0205. The normalized spacial score (nSPS) is 24.6. The van der Waals surface area contributed by atoms with Gasteiger partial charge >= 0.3 is 6.09 Å². The Morgan fingerprint density at radius 2 is 2.10 bits per heavy atom. The van der Waals surface area contributed by atoms with E-state index in [2.05, 4.69) is 17.4 Å². The molecule has 0 aromatic heterocycles. The van der Waals surface area contributed by atoms with Crippen LogP contribution in [0.25, 0.3) is 0 Å². The number of ether oxygens (including phenoxy) is 1. The fourth-order valence-corrected chi connectivity index (χ4v) is 3.17. The van der Waals surface area contributed by atoms with Crippen LogP contribution in [-0.4, -0.2) is 29.7 Å². The second kappa shape index (κ2) is 4.69. The van der Waals surface area contributed by atoms with Crippen molar-refractivity contribution in [1.29, 1.82) is 0 Å². The standard InChI is InChI=1S/C16H22N2O2/c1-16(2,3)20-15(19)18-9-8-11-10-17-13-7-5-4-6-12(13)14(11)18/h4-7,11,14,17H,8-10H2,1-3H3. The Morgan fingerprint density at radius 1 is 1.35 bits per heavy atom. The van der Waals surface area contributed by atoms with Crippen molar-refractivity contribution in [2.24, 2.45) is 5.92 Å². The molecule has 1 fully saturated rings. The summed E-state index contributed by atoms with van der Waals surface area (Å²) in [6, 6.07) is 8.41. The Labute approximate surface area is 120 Å². The van der Waals surface area contributed by atoms with Gasteiger partial charge in [-0.2, -0.15) is 0 Å². The molecule has 4 heteroatoms. The number of hydrogen-bond acceptors (Lipinski definition) is 3. The van der Waals surface area contributed by atoms with E-state index in [4.69, 9.17) is 4.74 Å². The molecule has 4 nitrogen and oxygen atoms in total. The molecule has 1 aromatic carbocycles. The summed E-state index contributed by atoms with van der Waals surface area (Å²) in [4.78, 5) is 14.3. The number of hydrogen-bond donors (Lipinski definition) is 1. The Bertz CT molecular complexity index is 521. The monoisotopic (exact) mass is 274 g/mol. The second-order valence-electron chi connectivity index (χ2n) is 6.64. The minimum atomic E-state index is -0.443. The second-order valence-corrected chi connectivity index (χ2v) is 6.64. The Hall–Kier alpha value is -1.71. The summed E-state index contributed by atoms with van der Waals surface area (Å²) in [6.07, 6.45) is 0.840. The van der Waals surface area contributed by atoms with Gasteiger partial charge in [-0.1, -0.05) is 18.2 Å². The number of rotatable bonds is 0. The number of carbonyl (C=O) groups is 1. The van der Waals surface area contributed by atoms with Crippen molar-refractivity contribution in [3.63, 3.8) is 0 Å². The van der Waals surface area contributed by atoms with E-state index in [-0.39, 0.29) is 12.1 Å². The van der Waals surface area contributed by atoms with Gasteiger partial charge in [-0.25, -0.2) is 4.79 Å². The van der Waals surface area contributed by atoms with Crippen molar-refractivity contribution in [1.82, 2.24) is 4.90 Å². The average molecular weight is 274 g/mol. The molecule has 2 atom stereocenters. The molecule has 2 unspecified atom stereocenters. The summed E-state index contributed by atoms with van der Waals surface area (Å²) in [5.74, 6) is 0.484. The van der Waals surface area contributed by atoms with Crippen molar-refractivity contribution >= 4 is 11.8 Å². The molecule has 0 spiro atoms. The number of amides is 1. The first-order valence-corrected chi connectivity index (χ1v) is 7.28. The van der Waals surface area contributed by atoms with Crippen molar-refractivity contribution in [2.75, 3.05) is 18.4 Å². The lowest BCUT2D eigenvalue weighted by Crippen LogP contribution is -2.39. The first-order valence-electron chi connectivity index (χ1n) is 7.28. The van der Waals surface area contributed by atoms with Crippen LogP contribution in [0.15, 0.2) is 24.3 Å². The Balaban J connectivity index is 1.87. The van der Waals surface area contributed by atoms with E-state index in [1.165, 1.54) is 5.56 Å². The van der Waals surface area contributed by atoms with Crippen LogP contribution in [0.5, 0.6) is 0 Å². The molecule has 0 radical (unpaired) electrons. The average Bonchev–Trinajstić information content (AvgIpc) is 2.81. The van der Waals surface area contributed by atoms with Crippen molar-refractivity contribution < 1.29 is 9.53 Å². The van der Waals surface area contributed by atoms with Crippen molar-refractivity contribution in [3.8, 4) is 0 Å². The predicted molar refractivity (Wildman–Crippen MR) is 78.7 cm³/mol. The number of anilines is 1. The van der Waals surface area contributed by atoms with Crippen molar-refractivity contribution in [3.05, 3.63) is 29.8 Å². The predicted octanol–water partition coefficient (Wildman–Crippen LogP) is 3.41. The third-order valence-corrected chi connectivity index (χ3v) is 3.99. The lowest BCUT2D eigenvalue weighted by atomic mass is 9.89. The van der Waals surface area contributed by atoms with Crippen LogP contribution in [0.1, 0.15) is 38.8 Å². The van der Waals surface area contributed by atoms with Gasteiger partial charge in [0.05, 0.1) is 6.04 Å². The number of benzene rings is 1. The van der Waals surface area contributed by atoms with Gasteiger partial charge in [-0.15, -0.1) is 0 Å². The van der Waals surface area contributed by atoms with E-state index in [0.717, 1.165) is 25.2 Å². The summed E-state index contributed by atoms with van der Waals surface area (Å²) in [5.41, 5.74) is 1.91. The molecule has 3 rings (SSSR count). The van der Waals surface area contributed by atoms with Crippen molar-refractivity contribution in [2.45, 2.75) is 38.8 Å². The highest BCUT2D eigenvalue weighted by atomic mass is 16.6. The van der Waals surface area contributed by atoms with Gasteiger partial charge in [0, 0.05) is 24.7 Å². The summed E-state index contributed by atoms with van der Waals surface area (Å²) in [5, 5.41) is 3.46. The van der Waals surface area contributed by atoms with E-state index in [9.17, 15) is 4.79 Å². The molecule has 2 heterocycles. The molecule has 2 aliphatic rings. The van der Waals surface area contributed by atoms with Gasteiger partial charge in [0.15, 0.2) is 0 Å².